The summed E-state index contributed by atoms with van der Waals surface area (Å²) in [4.78, 5) is 0. The number of hydrogen-bond acceptors (Lipinski definition) is 3. The molecule has 1 rings (SSSR count). The van der Waals surface area contributed by atoms with Crippen molar-refractivity contribution in [2.45, 2.75) is 103 Å². The molecule has 2 atom stereocenters. The molecule has 1 saturated carbocycles. The van der Waals surface area contributed by atoms with Crippen LogP contribution in [-0.2, 0) is 8.85 Å². The van der Waals surface area contributed by atoms with Gasteiger partial charge < -0.3 is 14.0 Å². The van der Waals surface area contributed by atoms with E-state index in [9.17, 15) is 5.11 Å². The van der Waals surface area contributed by atoms with E-state index >= 15 is 0 Å². The van der Waals surface area contributed by atoms with Gasteiger partial charge in [0, 0.05) is 6.42 Å². The molecule has 1 aliphatic carbocycles. The summed E-state index contributed by atoms with van der Waals surface area (Å²) in [6.45, 7) is 27.1. The van der Waals surface area contributed by atoms with Crippen LogP contribution in [-0.4, -0.2) is 40.6 Å². The average Bonchev–Trinajstić information content (AvgIpc) is 2.40. The average molecular weight is 399 g/mol. The Morgan fingerprint density at radius 3 is 1.88 bits per heavy atom. The van der Waals surface area contributed by atoms with Crippen LogP contribution in [0.3, 0.4) is 0 Å². The Kier molecular flexibility index (Phi) is 7.37. The predicted molar refractivity (Wildman–Crippen MR) is 118 cm³/mol. The minimum atomic E-state index is -1.91. The molecule has 3 nitrogen and oxygen atoms in total. The predicted octanol–water partition coefficient (Wildman–Crippen LogP) is 6.04. The molecule has 5 heteroatoms. The van der Waals surface area contributed by atoms with Gasteiger partial charge in [0.05, 0.1) is 18.8 Å². The summed E-state index contributed by atoms with van der Waals surface area (Å²) in [6, 6.07) is 0. The third kappa shape index (κ3) is 5.65. The molecular formula is C21H42O3Si2. The van der Waals surface area contributed by atoms with Crippen LogP contribution in [0.2, 0.25) is 36.3 Å². The Morgan fingerprint density at radius 2 is 1.46 bits per heavy atom. The lowest BCUT2D eigenvalue weighted by atomic mass is 9.86. The standard InChI is InChI=1S/C21H42O3Si2/c1-16-17(12-13-22)14-18(23-25(8,9)20(2,3)4)15-19(16)24-26(10,11)21(5,6)7/h12,18-19,22H,1,13-15H2,2-11H3/b17-12-/t18-,19+/m1/s1. The Bertz CT molecular complexity index is 536. The minimum Gasteiger partial charge on any atom is -0.413 e. The van der Waals surface area contributed by atoms with Gasteiger partial charge in [-0.1, -0.05) is 54.2 Å². The molecule has 0 amide bonds. The quantitative estimate of drug-likeness (QED) is 0.574. The van der Waals surface area contributed by atoms with Crippen LogP contribution in [0.1, 0.15) is 54.4 Å². The molecule has 1 aliphatic rings. The maximum absolute atomic E-state index is 9.45. The lowest BCUT2D eigenvalue weighted by molar-refractivity contribution is 0.0967. The molecule has 1 N–H and O–H groups in total. The van der Waals surface area contributed by atoms with Gasteiger partial charge in [0.1, 0.15) is 0 Å². The fourth-order valence-electron chi connectivity index (χ4n) is 2.71. The fraction of sp³-hybridized carbons (Fsp3) is 0.810. The van der Waals surface area contributed by atoms with Crippen LogP contribution in [0.5, 0.6) is 0 Å². The molecule has 0 bridgehead atoms. The molecule has 0 unspecified atom stereocenters. The highest BCUT2D eigenvalue weighted by Crippen LogP contribution is 2.43. The number of aliphatic hydroxyl groups excluding tert-OH is 1. The first-order chi connectivity index (χ1) is 11.5. The van der Waals surface area contributed by atoms with E-state index < -0.39 is 16.6 Å². The number of aliphatic hydroxyl groups is 1. The van der Waals surface area contributed by atoms with E-state index in [1.54, 1.807) is 0 Å². The summed E-state index contributed by atoms with van der Waals surface area (Å²) in [6.07, 6.45) is 3.68. The van der Waals surface area contributed by atoms with Crippen molar-refractivity contribution >= 4 is 16.6 Å². The van der Waals surface area contributed by atoms with E-state index in [2.05, 4.69) is 74.3 Å². The first-order valence-electron chi connectivity index (χ1n) is 9.86. The molecule has 26 heavy (non-hydrogen) atoms. The monoisotopic (exact) mass is 398 g/mol. The van der Waals surface area contributed by atoms with Gasteiger partial charge in [-0.05, 0) is 53.8 Å². The maximum Gasteiger partial charge on any atom is 0.192 e. The number of rotatable bonds is 5. The molecular weight excluding hydrogens is 356 g/mol. The second kappa shape index (κ2) is 8.04. The zero-order chi connectivity index (χ0) is 20.6. The van der Waals surface area contributed by atoms with Gasteiger partial charge in [-0.2, -0.15) is 0 Å². The highest BCUT2D eigenvalue weighted by atomic mass is 28.4. The second-order valence-corrected chi connectivity index (χ2v) is 20.3. The van der Waals surface area contributed by atoms with Crippen molar-refractivity contribution in [1.29, 1.82) is 0 Å². The molecule has 0 heterocycles. The summed E-state index contributed by atoms with van der Waals surface area (Å²) < 4.78 is 13.4. The second-order valence-electron chi connectivity index (χ2n) is 10.7. The highest BCUT2D eigenvalue weighted by molar-refractivity contribution is 6.74. The third-order valence-electron chi connectivity index (χ3n) is 6.57. The third-order valence-corrected chi connectivity index (χ3v) is 15.6. The van der Waals surface area contributed by atoms with Crippen molar-refractivity contribution in [3.8, 4) is 0 Å². The van der Waals surface area contributed by atoms with Crippen LogP contribution in [0.25, 0.3) is 0 Å². The topological polar surface area (TPSA) is 38.7 Å². The summed E-state index contributed by atoms with van der Waals surface area (Å²) in [5.74, 6) is 0. The summed E-state index contributed by atoms with van der Waals surface area (Å²) in [7, 11) is -3.76. The fourth-order valence-corrected chi connectivity index (χ4v) is 5.38. The molecule has 0 spiro atoms. The van der Waals surface area contributed by atoms with Crippen molar-refractivity contribution in [3.63, 3.8) is 0 Å². The summed E-state index contributed by atoms with van der Waals surface area (Å²) in [5.41, 5.74) is 2.13. The van der Waals surface area contributed by atoms with E-state index in [-0.39, 0.29) is 28.9 Å². The lowest BCUT2D eigenvalue weighted by Gasteiger charge is -2.45. The van der Waals surface area contributed by atoms with Crippen molar-refractivity contribution in [3.05, 3.63) is 23.8 Å². The van der Waals surface area contributed by atoms with Crippen molar-refractivity contribution in [2.75, 3.05) is 6.61 Å². The Labute approximate surface area is 164 Å². The van der Waals surface area contributed by atoms with Crippen LogP contribution >= 0.6 is 0 Å². The largest absolute Gasteiger partial charge is 0.413 e. The van der Waals surface area contributed by atoms with E-state index in [0.717, 1.165) is 24.0 Å². The van der Waals surface area contributed by atoms with Crippen LogP contribution in [0, 0.1) is 0 Å². The molecule has 152 valence electrons. The SMILES string of the molecule is C=C1/C(=C\CO)C[C@@H](O[Si](C)(C)C(C)(C)C)C[C@@H]1O[Si](C)(C)C(C)(C)C. The van der Waals surface area contributed by atoms with E-state index in [0.29, 0.717) is 0 Å². The van der Waals surface area contributed by atoms with Crippen LogP contribution in [0.15, 0.2) is 23.8 Å². The molecule has 0 aromatic heterocycles. The zero-order valence-electron chi connectivity index (χ0n) is 18.8. The van der Waals surface area contributed by atoms with Crippen LogP contribution in [0.4, 0.5) is 0 Å². The van der Waals surface area contributed by atoms with Gasteiger partial charge in [0.2, 0.25) is 0 Å². The molecule has 0 aromatic rings. The van der Waals surface area contributed by atoms with E-state index in [1.165, 1.54) is 0 Å². The Balaban J connectivity index is 3.08. The summed E-state index contributed by atoms with van der Waals surface area (Å²) in [5, 5.41) is 9.78. The Hall–Kier alpha value is -0.206. The van der Waals surface area contributed by atoms with E-state index in [1.807, 2.05) is 6.08 Å². The van der Waals surface area contributed by atoms with E-state index in [4.69, 9.17) is 8.85 Å². The van der Waals surface area contributed by atoms with Gasteiger partial charge in [0.25, 0.3) is 0 Å². The van der Waals surface area contributed by atoms with Gasteiger partial charge >= 0.3 is 0 Å². The summed E-state index contributed by atoms with van der Waals surface area (Å²) >= 11 is 0. The highest BCUT2D eigenvalue weighted by Gasteiger charge is 2.44. The zero-order valence-corrected chi connectivity index (χ0v) is 20.8. The molecule has 0 aliphatic heterocycles. The van der Waals surface area contributed by atoms with Gasteiger partial charge in [-0.25, -0.2) is 0 Å². The molecule has 0 radical (unpaired) electrons. The maximum atomic E-state index is 9.45. The van der Waals surface area contributed by atoms with Gasteiger partial charge in [-0.3, -0.25) is 0 Å². The van der Waals surface area contributed by atoms with Crippen molar-refractivity contribution < 1.29 is 14.0 Å². The first kappa shape index (κ1) is 23.8. The van der Waals surface area contributed by atoms with Gasteiger partial charge in [0.15, 0.2) is 16.6 Å². The number of hydrogen-bond donors (Lipinski definition) is 1. The lowest BCUT2D eigenvalue weighted by Crippen LogP contribution is -2.49. The minimum absolute atomic E-state index is 0.0165. The first-order valence-corrected chi connectivity index (χ1v) is 15.7. The molecule has 1 fully saturated rings. The van der Waals surface area contributed by atoms with Gasteiger partial charge in [-0.15, -0.1) is 0 Å². The molecule has 0 aromatic carbocycles. The smallest absolute Gasteiger partial charge is 0.192 e. The van der Waals surface area contributed by atoms with Crippen LogP contribution < -0.4 is 0 Å². The van der Waals surface area contributed by atoms with Crippen molar-refractivity contribution in [2.24, 2.45) is 0 Å². The Morgan fingerprint density at radius 1 is 1.00 bits per heavy atom. The molecule has 0 saturated heterocycles. The normalized spacial score (nSPS) is 25.0. The van der Waals surface area contributed by atoms with Crippen molar-refractivity contribution in [1.82, 2.24) is 0 Å².